The Labute approximate surface area is 255 Å². The predicted octanol–water partition coefficient (Wildman–Crippen LogP) is 3.23. The smallest absolute Gasteiger partial charge is 0.475 e. The Morgan fingerprint density at radius 2 is 1.35 bits per heavy atom. The number of aryl methyl sites for hydroxylation is 1. The lowest BCUT2D eigenvalue weighted by atomic mass is 9.99. The molecule has 2 aliphatic rings. The lowest BCUT2D eigenvalue weighted by molar-refractivity contribution is -0.193. The van der Waals surface area contributed by atoms with E-state index in [0.29, 0.717) is 12.1 Å². The molecule has 0 saturated carbocycles. The molecule has 2 fully saturated rings. The third kappa shape index (κ3) is 14.9. The maximum atomic E-state index is 10.6. The number of morpholine rings is 1. The van der Waals surface area contributed by atoms with Crippen molar-refractivity contribution in [2.45, 2.75) is 50.0 Å². The minimum atomic E-state index is -5.08. The minimum Gasteiger partial charge on any atom is -0.475 e. The van der Waals surface area contributed by atoms with Gasteiger partial charge in [0.2, 0.25) is 0 Å². The van der Waals surface area contributed by atoms with Gasteiger partial charge >= 0.3 is 36.4 Å². The third-order valence-electron chi connectivity index (χ3n) is 6.18. The Morgan fingerprint density at radius 3 is 1.74 bits per heavy atom. The molecule has 0 radical (unpaired) electrons. The number of alkyl halides is 9. The largest absolute Gasteiger partial charge is 0.490 e. The first-order valence-corrected chi connectivity index (χ1v) is 13.0. The number of ether oxygens (including phenoxy) is 1. The third-order valence-corrected chi connectivity index (χ3v) is 6.18. The van der Waals surface area contributed by atoms with Crippen LogP contribution in [0.25, 0.3) is 0 Å². The van der Waals surface area contributed by atoms with Crippen molar-refractivity contribution in [1.29, 1.82) is 0 Å². The number of pyridine rings is 1. The van der Waals surface area contributed by atoms with Gasteiger partial charge in [0.05, 0.1) is 19.4 Å². The van der Waals surface area contributed by atoms with Gasteiger partial charge in [0.15, 0.2) is 0 Å². The summed E-state index contributed by atoms with van der Waals surface area (Å²) in [6, 6.07) is 5.35. The molecule has 0 aliphatic carbocycles. The summed E-state index contributed by atoms with van der Waals surface area (Å²) in [5, 5.41) is 25.7. The molecular weight excluding hydrogens is 653 g/mol. The SMILES string of the molecule is Cn1cc(CN2CC[C@@H](N3CCOCC3)[C@@H]2Cc2cccnc2)cn1.O=C(O)C(F)(F)F.O=C(O)C(F)(F)F.O=C(O)C(F)(F)F. The number of likely N-dealkylation sites (tertiary alicyclic amines) is 1. The van der Waals surface area contributed by atoms with Crippen LogP contribution >= 0.6 is 0 Å². The first-order valence-electron chi connectivity index (χ1n) is 13.0. The van der Waals surface area contributed by atoms with E-state index in [1.165, 1.54) is 17.5 Å². The molecular formula is C25H30F9N5O7. The summed E-state index contributed by atoms with van der Waals surface area (Å²) in [6.07, 6.45) is -4.99. The number of halogens is 9. The second-order valence-electron chi connectivity index (χ2n) is 9.54. The molecule has 0 unspecified atom stereocenters. The summed E-state index contributed by atoms with van der Waals surface area (Å²) in [7, 11) is 1.98. The van der Waals surface area contributed by atoms with Crippen molar-refractivity contribution in [2.24, 2.45) is 7.05 Å². The molecule has 0 bridgehead atoms. The molecule has 3 N–H and O–H groups in total. The zero-order valence-electron chi connectivity index (χ0n) is 23.9. The van der Waals surface area contributed by atoms with E-state index < -0.39 is 36.4 Å². The Kier molecular flexibility index (Phi) is 15.4. The lowest BCUT2D eigenvalue weighted by Crippen LogP contribution is -2.50. The highest BCUT2D eigenvalue weighted by atomic mass is 19.4. The molecule has 4 rings (SSSR count). The fraction of sp³-hybridized carbons (Fsp3) is 0.560. The van der Waals surface area contributed by atoms with E-state index in [1.807, 2.05) is 36.4 Å². The Balaban J connectivity index is 0.000000413. The van der Waals surface area contributed by atoms with Crippen LogP contribution in [0.3, 0.4) is 0 Å². The van der Waals surface area contributed by atoms with Crippen LogP contribution in [0.1, 0.15) is 17.5 Å². The van der Waals surface area contributed by atoms with Crippen molar-refractivity contribution in [2.75, 3.05) is 32.8 Å². The van der Waals surface area contributed by atoms with Crippen LogP contribution < -0.4 is 0 Å². The highest BCUT2D eigenvalue weighted by molar-refractivity contribution is 5.73. The molecule has 0 spiro atoms. The van der Waals surface area contributed by atoms with Crippen LogP contribution in [-0.2, 0) is 39.1 Å². The van der Waals surface area contributed by atoms with Crippen molar-refractivity contribution in [1.82, 2.24) is 24.6 Å². The molecule has 46 heavy (non-hydrogen) atoms. The number of hydrogen-bond donors (Lipinski definition) is 3. The highest BCUT2D eigenvalue weighted by Crippen LogP contribution is 2.28. The first-order chi connectivity index (χ1) is 21.1. The number of nitrogens with zero attached hydrogens (tertiary/aromatic N) is 5. The molecule has 4 heterocycles. The molecule has 2 aliphatic heterocycles. The monoisotopic (exact) mass is 683 g/mol. The number of aromatic nitrogens is 3. The Morgan fingerprint density at radius 1 is 0.848 bits per heavy atom. The number of carboxylic acids is 3. The van der Waals surface area contributed by atoms with E-state index in [9.17, 15) is 39.5 Å². The number of carbonyl (C=O) groups is 3. The van der Waals surface area contributed by atoms with E-state index in [-0.39, 0.29) is 0 Å². The summed E-state index contributed by atoms with van der Waals surface area (Å²) in [5.74, 6) is -8.27. The predicted molar refractivity (Wildman–Crippen MR) is 137 cm³/mol. The number of hydrogen-bond acceptors (Lipinski definition) is 8. The maximum Gasteiger partial charge on any atom is 0.490 e. The number of carboxylic acid groups (broad SMARTS) is 3. The van der Waals surface area contributed by atoms with E-state index in [1.54, 1.807) is 0 Å². The highest BCUT2D eigenvalue weighted by Gasteiger charge is 2.40. The fourth-order valence-electron chi connectivity index (χ4n) is 4.24. The Hall–Kier alpha value is -3.98. The standard InChI is InChI=1S/C19H27N5O.3C2HF3O2/c1-22-14-17(13-21-22)15-24-6-4-18(23-7-9-25-10-8-23)19(24)11-16-3-2-5-20-12-16;3*3-2(4,5)1(6)7/h2-3,5,12-14,18-19H,4,6-11,15H2,1H3;3*(H,6,7)/t18-,19+;;;/m1.../s1. The average molecular weight is 684 g/mol. The van der Waals surface area contributed by atoms with E-state index in [0.717, 1.165) is 45.8 Å². The van der Waals surface area contributed by atoms with Gasteiger partial charge in [-0.1, -0.05) is 6.07 Å². The van der Waals surface area contributed by atoms with Crippen molar-refractivity contribution in [3.05, 3.63) is 48.0 Å². The molecule has 260 valence electrons. The summed E-state index contributed by atoms with van der Waals surface area (Å²) in [5.41, 5.74) is 2.62. The van der Waals surface area contributed by atoms with E-state index in [4.69, 9.17) is 34.4 Å². The summed E-state index contributed by atoms with van der Waals surface area (Å²) in [4.78, 5) is 36.3. The van der Waals surface area contributed by atoms with Crippen LogP contribution in [0.2, 0.25) is 0 Å². The van der Waals surface area contributed by atoms with E-state index >= 15 is 0 Å². The normalized spacial score (nSPS) is 19.0. The second-order valence-corrected chi connectivity index (χ2v) is 9.54. The molecule has 2 saturated heterocycles. The maximum absolute atomic E-state index is 10.6. The first kappa shape index (κ1) is 40.0. The average Bonchev–Trinajstić information content (AvgIpc) is 3.54. The van der Waals surface area contributed by atoms with Crippen molar-refractivity contribution in [3.8, 4) is 0 Å². The van der Waals surface area contributed by atoms with Gasteiger partial charge in [-0.15, -0.1) is 0 Å². The topological polar surface area (TPSA) is 158 Å². The van der Waals surface area contributed by atoms with Gasteiger partial charge in [0.1, 0.15) is 0 Å². The van der Waals surface area contributed by atoms with Crippen LogP contribution in [0.5, 0.6) is 0 Å². The molecule has 21 heteroatoms. The molecule has 2 aromatic heterocycles. The second kappa shape index (κ2) is 17.6. The minimum absolute atomic E-state index is 0.516. The van der Waals surface area contributed by atoms with Gasteiger partial charge in [-0.3, -0.25) is 19.5 Å². The molecule has 0 amide bonds. The van der Waals surface area contributed by atoms with Gasteiger partial charge in [-0.2, -0.15) is 44.6 Å². The van der Waals surface area contributed by atoms with Crippen LogP contribution in [0, 0.1) is 0 Å². The summed E-state index contributed by atoms with van der Waals surface area (Å²) < 4.78 is 103. The molecule has 2 aromatic rings. The van der Waals surface area contributed by atoms with Gasteiger partial charge in [0, 0.05) is 69.5 Å². The molecule has 0 aromatic carbocycles. The van der Waals surface area contributed by atoms with Gasteiger partial charge in [-0.25, -0.2) is 14.4 Å². The van der Waals surface area contributed by atoms with Gasteiger partial charge in [0.25, 0.3) is 0 Å². The number of rotatable bonds is 5. The van der Waals surface area contributed by atoms with Crippen molar-refractivity contribution >= 4 is 17.9 Å². The van der Waals surface area contributed by atoms with Crippen LogP contribution in [0.4, 0.5) is 39.5 Å². The Bertz CT molecular complexity index is 1180. The lowest BCUT2D eigenvalue weighted by Gasteiger charge is -2.37. The zero-order chi connectivity index (χ0) is 35.3. The summed E-state index contributed by atoms with van der Waals surface area (Å²) in [6.45, 7) is 5.93. The summed E-state index contributed by atoms with van der Waals surface area (Å²) >= 11 is 0. The zero-order valence-corrected chi connectivity index (χ0v) is 23.9. The number of aliphatic carboxylic acids is 3. The van der Waals surface area contributed by atoms with Crippen molar-refractivity contribution < 1.29 is 74.0 Å². The van der Waals surface area contributed by atoms with Gasteiger partial charge in [-0.05, 0) is 24.5 Å². The van der Waals surface area contributed by atoms with Crippen LogP contribution in [-0.4, -0.2) is 121 Å². The quantitative estimate of drug-likeness (QED) is 0.398. The van der Waals surface area contributed by atoms with Crippen LogP contribution in [0.15, 0.2) is 36.9 Å². The molecule has 12 nitrogen and oxygen atoms in total. The van der Waals surface area contributed by atoms with Crippen molar-refractivity contribution in [3.63, 3.8) is 0 Å². The van der Waals surface area contributed by atoms with E-state index in [2.05, 4.69) is 32.1 Å². The molecule has 2 atom stereocenters. The fourth-order valence-corrected chi connectivity index (χ4v) is 4.24. The van der Waals surface area contributed by atoms with Gasteiger partial charge < -0.3 is 20.1 Å².